The molecule has 2 nitrogen and oxygen atoms in total. The highest BCUT2D eigenvalue weighted by atomic mass is 32.1. The fourth-order valence-electron chi connectivity index (χ4n) is 1.08. The second-order valence-corrected chi connectivity index (χ2v) is 3.42. The molecule has 1 aliphatic rings. The molecule has 1 aromatic rings. The van der Waals surface area contributed by atoms with Crippen LogP contribution in [-0.2, 0) is 9.47 Å². The van der Waals surface area contributed by atoms with Crippen molar-refractivity contribution in [1.29, 1.82) is 0 Å². The Bertz CT molecular complexity index is 202. The molecule has 3 heteroatoms. The van der Waals surface area contributed by atoms with Crippen molar-refractivity contribution in [2.75, 3.05) is 13.2 Å². The van der Waals surface area contributed by atoms with Crippen LogP contribution in [0.4, 0.5) is 0 Å². The number of rotatable bonds is 1. The molecule has 1 fully saturated rings. The van der Waals surface area contributed by atoms with Crippen LogP contribution in [0.25, 0.3) is 0 Å². The Balaban J connectivity index is 2.04. The average molecular weight is 170 g/mol. The highest BCUT2D eigenvalue weighted by Crippen LogP contribution is 2.26. The normalized spacial score (nSPS) is 20.4. The van der Waals surface area contributed by atoms with Gasteiger partial charge in [0.15, 0.2) is 6.29 Å². The molecule has 2 rings (SSSR count). The van der Waals surface area contributed by atoms with Crippen molar-refractivity contribution in [3.8, 4) is 0 Å². The minimum atomic E-state index is -0.0938. The number of hydrogen-bond acceptors (Lipinski definition) is 3. The molecule has 0 saturated carbocycles. The first-order valence-corrected chi connectivity index (χ1v) is 4.61. The van der Waals surface area contributed by atoms with Gasteiger partial charge >= 0.3 is 0 Å². The molecule has 0 aromatic carbocycles. The van der Waals surface area contributed by atoms with Gasteiger partial charge in [-0.05, 0) is 17.9 Å². The minimum absolute atomic E-state index is 0.0938. The summed E-state index contributed by atoms with van der Waals surface area (Å²) in [6.07, 6.45) is 0.922. The summed E-state index contributed by atoms with van der Waals surface area (Å²) in [6.45, 7) is 1.64. The standard InChI is InChI=1S/C8H10O2S/c1-3-7(11-6-1)8-9-4-2-5-10-8/h1,3,6,8H,2,4-5H2. The van der Waals surface area contributed by atoms with Gasteiger partial charge in [0.2, 0.25) is 0 Å². The topological polar surface area (TPSA) is 18.5 Å². The maximum absolute atomic E-state index is 5.41. The van der Waals surface area contributed by atoms with Crippen LogP contribution in [-0.4, -0.2) is 13.2 Å². The fraction of sp³-hybridized carbons (Fsp3) is 0.500. The molecular formula is C8H10O2S. The molecule has 0 N–H and O–H groups in total. The van der Waals surface area contributed by atoms with Crippen molar-refractivity contribution in [3.63, 3.8) is 0 Å². The summed E-state index contributed by atoms with van der Waals surface area (Å²) < 4.78 is 10.8. The molecule has 1 saturated heterocycles. The third-order valence-electron chi connectivity index (χ3n) is 1.60. The van der Waals surface area contributed by atoms with Crippen molar-refractivity contribution in [2.24, 2.45) is 0 Å². The molecule has 0 radical (unpaired) electrons. The fourth-order valence-corrected chi connectivity index (χ4v) is 1.80. The van der Waals surface area contributed by atoms with E-state index in [2.05, 4.69) is 0 Å². The van der Waals surface area contributed by atoms with Gasteiger partial charge < -0.3 is 9.47 Å². The van der Waals surface area contributed by atoms with Crippen LogP contribution in [0, 0.1) is 0 Å². The molecular weight excluding hydrogens is 160 g/mol. The lowest BCUT2D eigenvalue weighted by Gasteiger charge is -2.21. The molecule has 0 unspecified atom stereocenters. The Kier molecular flexibility index (Phi) is 2.21. The van der Waals surface area contributed by atoms with E-state index in [4.69, 9.17) is 9.47 Å². The van der Waals surface area contributed by atoms with Crippen LogP contribution in [0.5, 0.6) is 0 Å². The summed E-state index contributed by atoms with van der Waals surface area (Å²) in [7, 11) is 0. The van der Waals surface area contributed by atoms with Crippen LogP contribution in [0.3, 0.4) is 0 Å². The van der Waals surface area contributed by atoms with Crippen molar-refractivity contribution in [3.05, 3.63) is 22.4 Å². The highest BCUT2D eigenvalue weighted by molar-refractivity contribution is 7.10. The molecule has 0 spiro atoms. The second kappa shape index (κ2) is 3.34. The number of thiophene rings is 1. The zero-order valence-electron chi connectivity index (χ0n) is 6.16. The van der Waals surface area contributed by atoms with Crippen LogP contribution in [0.2, 0.25) is 0 Å². The molecule has 60 valence electrons. The number of ether oxygens (including phenoxy) is 2. The Morgan fingerprint density at radius 1 is 1.36 bits per heavy atom. The summed E-state index contributed by atoms with van der Waals surface area (Å²) in [5.74, 6) is 0. The van der Waals surface area contributed by atoms with Gasteiger partial charge in [-0.1, -0.05) is 6.07 Å². The van der Waals surface area contributed by atoms with Gasteiger partial charge in [0.05, 0.1) is 18.1 Å². The third kappa shape index (κ3) is 1.61. The zero-order valence-corrected chi connectivity index (χ0v) is 6.97. The van der Waals surface area contributed by atoms with E-state index in [-0.39, 0.29) is 6.29 Å². The van der Waals surface area contributed by atoms with Crippen molar-refractivity contribution < 1.29 is 9.47 Å². The van der Waals surface area contributed by atoms with Crippen LogP contribution in [0.15, 0.2) is 17.5 Å². The molecule has 0 amide bonds. The molecule has 1 aliphatic heterocycles. The van der Waals surface area contributed by atoms with Gasteiger partial charge in [-0.2, -0.15) is 0 Å². The summed E-state index contributed by atoms with van der Waals surface area (Å²) in [4.78, 5) is 1.17. The van der Waals surface area contributed by atoms with Gasteiger partial charge in [-0.3, -0.25) is 0 Å². The lowest BCUT2D eigenvalue weighted by Crippen LogP contribution is -2.16. The summed E-state index contributed by atoms with van der Waals surface area (Å²) >= 11 is 1.68. The molecule has 0 atom stereocenters. The molecule has 0 aliphatic carbocycles. The van der Waals surface area contributed by atoms with Crippen molar-refractivity contribution in [1.82, 2.24) is 0 Å². The maximum atomic E-state index is 5.41. The quantitative estimate of drug-likeness (QED) is 0.643. The van der Waals surface area contributed by atoms with Gasteiger partial charge in [-0.15, -0.1) is 11.3 Å². The summed E-state index contributed by atoms with van der Waals surface area (Å²) in [5.41, 5.74) is 0. The first-order chi connectivity index (χ1) is 5.47. The Morgan fingerprint density at radius 3 is 2.82 bits per heavy atom. The Labute approximate surface area is 69.8 Å². The first-order valence-electron chi connectivity index (χ1n) is 3.73. The van der Waals surface area contributed by atoms with E-state index < -0.39 is 0 Å². The van der Waals surface area contributed by atoms with E-state index in [0.29, 0.717) is 0 Å². The summed E-state index contributed by atoms with van der Waals surface area (Å²) in [5, 5.41) is 2.04. The van der Waals surface area contributed by atoms with Crippen LogP contribution >= 0.6 is 11.3 Å². The molecule has 1 aromatic heterocycles. The van der Waals surface area contributed by atoms with E-state index >= 15 is 0 Å². The van der Waals surface area contributed by atoms with Crippen molar-refractivity contribution in [2.45, 2.75) is 12.7 Å². The molecule has 0 bridgehead atoms. The van der Waals surface area contributed by atoms with Gasteiger partial charge in [0, 0.05) is 0 Å². The second-order valence-electron chi connectivity index (χ2n) is 2.44. The Morgan fingerprint density at radius 2 is 2.18 bits per heavy atom. The van der Waals surface area contributed by atoms with E-state index in [1.807, 2.05) is 17.5 Å². The first kappa shape index (κ1) is 7.28. The molecule has 11 heavy (non-hydrogen) atoms. The predicted octanol–water partition coefficient (Wildman–Crippen LogP) is 2.18. The van der Waals surface area contributed by atoms with Crippen LogP contribution < -0.4 is 0 Å². The smallest absolute Gasteiger partial charge is 0.193 e. The average Bonchev–Trinajstić information content (AvgIpc) is 2.58. The van der Waals surface area contributed by atoms with E-state index in [1.54, 1.807) is 11.3 Å². The van der Waals surface area contributed by atoms with Gasteiger partial charge in [0.25, 0.3) is 0 Å². The molecule has 2 heterocycles. The van der Waals surface area contributed by atoms with E-state index in [9.17, 15) is 0 Å². The van der Waals surface area contributed by atoms with Crippen LogP contribution in [0.1, 0.15) is 17.6 Å². The van der Waals surface area contributed by atoms with E-state index in [1.165, 1.54) is 4.88 Å². The number of hydrogen-bond donors (Lipinski definition) is 0. The Hall–Kier alpha value is -0.380. The third-order valence-corrected chi connectivity index (χ3v) is 2.50. The predicted molar refractivity (Wildman–Crippen MR) is 43.6 cm³/mol. The summed E-state index contributed by atoms with van der Waals surface area (Å²) in [6, 6.07) is 4.06. The zero-order chi connectivity index (χ0) is 7.52. The highest BCUT2D eigenvalue weighted by Gasteiger charge is 2.16. The van der Waals surface area contributed by atoms with Gasteiger partial charge in [-0.25, -0.2) is 0 Å². The maximum Gasteiger partial charge on any atom is 0.193 e. The van der Waals surface area contributed by atoms with E-state index in [0.717, 1.165) is 19.6 Å². The largest absolute Gasteiger partial charge is 0.348 e. The lowest BCUT2D eigenvalue weighted by atomic mass is 10.4. The SMILES string of the molecule is c1csc(C2OCCCO2)c1. The lowest BCUT2D eigenvalue weighted by molar-refractivity contribution is -0.181. The van der Waals surface area contributed by atoms with Crippen molar-refractivity contribution >= 4 is 11.3 Å². The monoisotopic (exact) mass is 170 g/mol. The van der Waals surface area contributed by atoms with Gasteiger partial charge in [0.1, 0.15) is 0 Å². The minimum Gasteiger partial charge on any atom is -0.348 e.